The van der Waals surface area contributed by atoms with E-state index in [-0.39, 0.29) is 5.91 Å². The van der Waals surface area contributed by atoms with Gasteiger partial charge < -0.3 is 19.0 Å². The Labute approximate surface area is 138 Å². The van der Waals surface area contributed by atoms with Crippen LogP contribution in [0.15, 0.2) is 35.1 Å². The number of amides is 1. The monoisotopic (exact) mass is 340 g/mol. The van der Waals surface area contributed by atoms with Crippen LogP contribution >= 0.6 is 11.9 Å². The van der Waals surface area contributed by atoms with Gasteiger partial charge in [0.05, 0.1) is 25.2 Å². The van der Waals surface area contributed by atoms with Crippen molar-refractivity contribution in [2.24, 2.45) is 0 Å². The second-order valence-electron chi connectivity index (χ2n) is 4.66. The smallest absolute Gasteiger partial charge is 0.289 e. The molecule has 0 spiro atoms. The van der Waals surface area contributed by atoms with Crippen molar-refractivity contribution in [3.05, 3.63) is 36.4 Å². The van der Waals surface area contributed by atoms with E-state index in [1.807, 2.05) is 4.90 Å². The number of furan rings is 1. The molecule has 1 amide bonds. The van der Waals surface area contributed by atoms with E-state index in [1.165, 1.54) is 6.26 Å². The molecule has 2 aromatic rings. The van der Waals surface area contributed by atoms with Crippen molar-refractivity contribution >= 4 is 23.7 Å². The number of carbonyl (C=O) groups excluding carboxylic acids is 1. The molecular weight excluding hydrogens is 324 g/mol. The maximum atomic E-state index is 12.2. The second kappa shape index (κ2) is 8.35. The predicted octanol–water partition coefficient (Wildman–Crippen LogP) is 1.17. The Morgan fingerprint density at radius 1 is 1.30 bits per heavy atom. The lowest BCUT2D eigenvalue weighted by molar-refractivity contribution is 0.0714. The highest BCUT2D eigenvalue weighted by Gasteiger charge is 2.24. The lowest BCUT2D eigenvalue weighted by Gasteiger charge is -2.34. The molecule has 0 saturated carbocycles. The Kier molecular flexibility index (Phi) is 6.19. The zero-order chi connectivity index (χ0) is 16.7. The Bertz CT molecular complexity index is 615. The number of ether oxygens (including phenoxy) is 1. The summed E-state index contributed by atoms with van der Waals surface area (Å²) < 4.78 is 16.7. The molecule has 1 fully saturated rings. The van der Waals surface area contributed by atoms with Gasteiger partial charge in [-0.1, -0.05) is 0 Å². The Balaban J connectivity index is 0.000000924. The van der Waals surface area contributed by atoms with Crippen LogP contribution in [0.3, 0.4) is 0 Å². The van der Waals surface area contributed by atoms with Crippen LogP contribution in [0.1, 0.15) is 10.6 Å². The van der Waals surface area contributed by atoms with Crippen LogP contribution in [-0.2, 0) is 0 Å². The van der Waals surface area contributed by atoms with Crippen molar-refractivity contribution in [1.29, 1.82) is 0 Å². The number of hydrogen-bond acceptors (Lipinski definition) is 7. The first-order valence-electron chi connectivity index (χ1n) is 6.89. The minimum absolute atomic E-state index is 0.0776. The summed E-state index contributed by atoms with van der Waals surface area (Å²) in [5.74, 6) is 1.46. The third kappa shape index (κ3) is 4.11. The van der Waals surface area contributed by atoms with Gasteiger partial charge in [-0.2, -0.15) is 4.98 Å². The Hall–Kier alpha value is -2.32. The standard InChI is InChI=1S/C14H16N4O3.ClHO/c1-20-12-4-5-15-14(16-12)18-8-6-17(7-9-18)13(19)11-3-2-10-21-11;1-2/h2-5,10H,6-9H2,1H3;2H. The first kappa shape index (κ1) is 17.0. The summed E-state index contributed by atoms with van der Waals surface area (Å²) in [6.45, 7) is 2.58. The van der Waals surface area contributed by atoms with E-state index in [1.54, 1.807) is 36.4 Å². The van der Waals surface area contributed by atoms with Crippen LogP contribution in [0, 0.1) is 0 Å². The normalized spacial score (nSPS) is 14.0. The first-order chi connectivity index (χ1) is 11.3. The molecule has 0 radical (unpaired) electrons. The van der Waals surface area contributed by atoms with Crippen LogP contribution in [-0.4, -0.2) is 58.7 Å². The molecule has 2 aromatic heterocycles. The van der Waals surface area contributed by atoms with Gasteiger partial charge in [0.25, 0.3) is 5.91 Å². The van der Waals surface area contributed by atoms with Crippen molar-refractivity contribution in [2.45, 2.75) is 0 Å². The van der Waals surface area contributed by atoms with Gasteiger partial charge in [-0.3, -0.25) is 9.45 Å². The number of carbonyl (C=O) groups is 1. The highest BCUT2D eigenvalue weighted by atomic mass is 35.5. The van der Waals surface area contributed by atoms with Gasteiger partial charge in [-0.15, -0.1) is 0 Å². The fourth-order valence-corrected chi connectivity index (χ4v) is 2.26. The maximum absolute atomic E-state index is 12.2. The lowest BCUT2D eigenvalue weighted by Crippen LogP contribution is -2.49. The summed E-state index contributed by atoms with van der Waals surface area (Å²) in [6.07, 6.45) is 3.18. The predicted molar refractivity (Wildman–Crippen MR) is 83.5 cm³/mol. The topological polar surface area (TPSA) is 91.9 Å². The van der Waals surface area contributed by atoms with Crippen molar-refractivity contribution in [2.75, 3.05) is 38.2 Å². The zero-order valence-electron chi connectivity index (χ0n) is 12.6. The molecule has 1 aliphatic rings. The largest absolute Gasteiger partial charge is 0.481 e. The van der Waals surface area contributed by atoms with E-state index in [2.05, 4.69) is 21.8 Å². The summed E-state index contributed by atoms with van der Waals surface area (Å²) in [4.78, 5) is 24.5. The zero-order valence-corrected chi connectivity index (χ0v) is 13.3. The van der Waals surface area contributed by atoms with Crippen LogP contribution in [0.2, 0.25) is 0 Å². The summed E-state index contributed by atoms with van der Waals surface area (Å²) >= 11 is 3.64. The number of hydrogen-bond donors (Lipinski definition) is 1. The fourth-order valence-electron chi connectivity index (χ4n) is 2.26. The first-order valence-corrected chi connectivity index (χ1v) is 7.23. The summed E-state index contributed by atoms with van der Waals surface area (Å²) in [5.41, 5.74) is 0. The van der Waals surface area contributed by atoms with E-state index in [4.69, 9.17) is 13.8 Å². The SMILES string of the molecule is COc1ccnc(N2CCN(C(=O)c3ccco3)CC2)n1.OCl. The number of aromatic nitrogens is 2. The number of piperazine rings is 1. The summed E-state index contributed by atoms with van der Waals surface area (Å²) in [7, 11) is 1.58. The average molecular weight is 341 g/mol. The van der Waals surface area contributed by atoms with Gasteiger partial charge in [0, 0.05) is 38.4 Å². The average Bonchev–Trinajstić information content (AvgIpc) is 3.18. The lowest BCUT2D eigenvalue weighted by atomic mass is 10.3. The number of rotatable bonds is 3. The molecular formula is C14H17ClN4O4. The second-order valence-corrected chi connectivity index (χ2v) is 4.66. The quantitative estimate of drug-likeness (QED) is 0.896. The molecule has 0 aliphatic carbocycles. The summed E-state index contributed by atoms with van der Waals surface area (Å²) in [5, 5.41) is 0. The molecule has 0 aromatic carbocycles. The van der Waals surface area contributed by atoms with Gasteiger partial charge in [-0.25, -0.2) is 4.98 Å². The highest BCUT2D eigenvalue weighted by Crippen LogP contribution is 2.15. The Morgan fingerprint density at radius 3 is 2.65 bits per heavy atom. The minimum Gasteiger partial charge on any atom is -0.481 e. The van der Waals surface area contributed by atoms with Crippen molar-refractivity contribution in [3.8, 4) is 5.88 Å². The molecule has 0 bridgehead atoms. The van der Waals surface area contributed by atoms with Crippen molar-refractivity contribution in [3.63, 3.8) is 0 Å². The molecule has 3 heterocycles. The van der Waals surface area contributed by atoms with Gasteiger partial charge >= 0.3 is 0 Å². The van der Waals surface area contributed by atoms with Crippen molar-refractivity contribution in [1.82, 2.24) is 14.9 Å². The van der Waals surface area contributed by atoms with Gasteiger partial charge in [-0.05, 0) is 12.1 Å². The van der Waals surface area contributed by atoms with Crippen molar-refractivity contribution < 1.29 is 18.6 Å². The molecule has 8 nitrogen and oxygen atoms in total. The third-order valence-electron chi connectivity index (χ3n) is 3.41. The molecule has 0 atom stereocenters. The molecule has 1 saturated heterocycles. The number of halogens is 1. The minimum atomic E-state index is -0.0776. The third-order valence-corrected chi connectivity index (χ3v) is 3.41. The molecule has 23 heavy (non-hydrogen) atoms. The van der Waals surface area contributed by atoms with E-state index in [0.29, 0.717) is 43.8 Å². The van der Waals surface area contributed by atoms with E-state index < -0.39 is 0 Å². The molecule has 1 aliphatic heterocycles. The summed E-state index contributed by atoms with van der Waals surface area (Å²) in [6, 6.07) is 5.10. The van der Waals surface area contributed by atoms with Gasteiger partial charge in [0.15, 0.2) is 5.76 Å². The Morgan fingerprint density at radius 2 is 2.04 bits per heavy atom. The van der Waals surface area contributed by atoms with E-state index >= 15 is 0 Å². The number of nitrogens with zero attached hydrogens (tertiary/aromatic N) is 4. The molecule has 0 unspecified atom stereocenters. The molecule has 9 heteroatoms. The van der Waals surface area contributed by atoms with Crippen LogP contribution in [0.5, 0.6) is 5.88 Å². The van der Waals surface area contributed by atoms with Crippen LogP contribution < -0.4 is 9.64 Å². The molecule has 1 N–H and O–H groups in total. The van der Waals surface area contributed by atoms with Gasteiger partial charge in [0.1, 0.15) is 0 Å². The van der Waals surface area contributed by atoms with Crippen LogP contribution in [0.4, 0.5) is 5.95 Å². The highest BCUT2D eigenvalue weighted by molar-refractivity contribution is 6.04. The molecule has 3 rings (SSSR count). The van der Waals surface area contributed by atoms with Gasteiger partial charge in [0.2, 0.25) is 11.8 Å². The number of anilines is 1. The fraction of sp³-hybridized carbons (Fsp3) is 0.357. The number of methoxy groups -OCH3 is 1. The van der Waals surface area contributed by atoms with E-state index in [9.17, 15) is 4.79 Å². The van der Waals surface area contributed by atoms with E-state index in [0.717, 1.165) is 0 Å². The molecule has 124 valence electrons. The maximum Gasteiger partial charge on any atom is 0.289 e. The van der Waals surface area contributed by atoms with Crippen LogP contribution in [0.25, 0.3) is 0 Å².